The van der Waals surface area contributed by atoms with Gasteiger partial charge in [0.1, 0.15) is 6.04 Å². The lowest BCUT2D eigenvalue weighted by Crippen LogP contribution is -2.68. The van der Waals surface area contributed by atoms with E-state index in [1.54, 1.807) is 6.08 Å². The van der Waals surface area contributed by atoms with E-state index in [1.807, 2.05) is 29.9 Å². The zero-order valence-corrected chi connectivity index (χ0v) is 12.6. The minimum absolute atomic E-state index is 0.281. The monoisotopic (exact) mass is 325 g/mol. The van der Waals surface area contributed by atoms with Crippen molar-refractivity contribution in [3.8, 4) is 0 Å². The van der Waals surface area contributed by atoms with Crippen molar-refractivity contribution in [3.05, 3.63) is 30.1 Å². The van der Waals surface area contributed by atoms with Crippen molar-refractivity contribution in [2.45, 2.75) is 18.5 Å². The first kappa shape index (κ1) is 14.8. The fourth-order valence-corrected chi connectivity index (χ4v) is 3.86. The molecule has 22 heavy (non-hydrogen) atoms. The van der Waals surface area contributed by atoms with Gasteiger partial charge in [0, 0.05) is 31.6 Å². The number of carbonyl (C=O) groups excluding carboxylic acids is 2. The van der Waals surface area contributed by atoms with Crippen LogP contribution in [0.1, 0.15) is 12.1 Å². The standard InChI is InChI=1S/C13H15N3O5S/c1-14-7-2-3-9(14)4-5-11(17)15-8-6-10-12(15)13(18)16(10)22(19,20)21/h2-5,7,10,12H,6,8H2,1H3,(H,19,20,21)/b5-4+/t10-,12+/m1/s1. The van der Waals surface area contributed by atoms with Crippen LogP contribution in [0.15, 0.2) is 24.4 Å². The maximum Gasteiger partial charge on any atom is 0.362 e. The van der Waals surface area contributed by atoms with E-state index in [-0.39, 0.29) is 12.5 Å². The lowest BCUT2D eigenvalue weighted by atomic mass is 10.0. The Kier molecular flexibility index (Phi) is 3.33. The first-order valence-electron chi connectivity index (χ1n) is 6.71. The molecule has 2 fully saturated rings. The third kappa shape index (κ3) is 2.22. The molecule has 118 valence electrons. The second-order valence-corrected chi connectivity index (χ2v) is 6.61. The number of amides is 2. The zero-order valence-electron chi connectivity index (χ0n) is 11.8. The van der Waals surface area contributed by atoms with Crippen LogP contribution in [0.25, 0.3) is 6.08 Å². The smallest absolute Gasteiger partial charge is 0.351 e. The molecule has 1 N–H and O–H groups in total. The first-order chi connectivity index (χ1) is 10.3. The maximum absolute atomic E-state index is 12.2. The summed E-state index contributed by atoms with van der Waals surface area (Å²) in [6.45, 7) is 0.281. The van der Waals surface area contributed by atoms with E-state index in [1.165, 1.54) is 11.0 Å². The number of nitrogens with zero attached hydrogens (tertiary/aromatic N) is 3. The second-order valence-electron chi connectivity index (χ2n) is 5.32. The predicted octanol–water partition coefficient (Wildman–Crippen LogP) is -0.347. The van der Waals surface area contributed by atoms with E-state index >= 15 is 0 Å². The van der Waals surface area contributed by atoms with Crippen molar-refractivity contribution in [2.75, 3.05) is 6.54 Å². The molecule has 2 amide bonds. The van der Waals surface area contributed by atoms with Crippen molar-refractivity contribution in [2.24, 2.45) is 7.05 Å². The third-order valence-electron chi connectivity index (χ3n) is 4.05. The Morgan fingerprint density at radius 3 is 2.77 bits per heavy atom. The molecule has 1 aromatic heterocycles. The fourth-order valence-electron chi connectivity index (χ4n) is 2.96. The molecule has 2 aliphatic heterocycles. The minimum Gasteiger partial charge on any atom is -0.351 e. The van der Waals surface area contributed by atoms with Crippen LogP contribution < -0.4 is 0 Å². The van der Waals surface area contributed by atoms with Crippen LogP contribution in [0.5, 0.6) is 0 Å². The number of likely N-dealkylation sites (tertiary alicyclic amines) is 1. The van der Waals surface area contributed by atoms with Crippen LogP contribution in [0, 0.1) is 0 Å². The quantitative estimate of drug-likeness (QED) is 0.465. The Bertz CT molecular complexity index is 766. The van der Waals surface area contributed by atoms with Crippen LogP contribution in [0.2, 0.25) is 0 Å². The van der Waals surface area contributed by atoms with E-state index in [2.05, 4.69) is 0 Å². The molecule has 0 saturated carbocycles. The van der Waals surface area contributed by atoms with Gasteiger partial charge in [0.25, 0.3) is 5.91 Å². The Balaban J connectivity index is 1.73. The first-order valence-corrected chi connectivity index (χ1v) is 8.11. The van der Waals surface area contributed by atoms with Gasteiger partial charge in [-0.15, -0.1) is 0 Å². The van der Waals surface area contributed by atoms with E-state index < -0.39 is 28.3 Å². The Morgan fingerprint density at radius 1 is 1.45 bits per heavy atom. The summed E-state index contributed by atoms with van der Waals surface area (Å²) in [5.74, 6) is -1.11. The van der Waals surface area contributed by atoms with Gasteiger partial charge in [0.15, 0.2) is 0 Å². The van der Waals surface area contributed by atoms with Crippen molar-refractivity contribution in [3.63, 3.8) is 0 Å². The molecule has 3 heterocycles. The van der Waals surface area contributed by atoms with E-state index in [9.17, 15) is 18.0 Å². The van der Waals surface area contributed by atoms with Gasteiger partial charge in [-0.2, -0.15) is 8.42 Å². The summed E-state index contributed by atoms with van der Waals surface area (Å²) in [5.41, 5.74) is 0.837. The molecule has 1 aromatic rings. The average Bonchev–Trinajstić information content (AvgIpc) is 2.98. The summed E-state index contributed by atoms with van der Waals surface area (Å²) in [7, 11) is -2.70. The molecule has 2 saturated heterocycles. The van der Waals surface area contributed by atoms with E-state index in [4.69, 9.17) is 4.55 Å². The van der Waals surface area contributed by atoms with Crippen molar-refractivity contribution >= 4 is 28.2 Å². The summed E-state index contributed by atoms with van der Waals surface area (Å²) < 4.78 is 33.5. The van der Waals surface area contributed by atoms with Gasteiger partial charge in [-0.25, -0.2) is 4.31 Å². The van der Waals surface area contributed by atoms with Crippen molar-refractivity contribution in [1.82, 2.24) is 13.8 Å². The van der Waals surface area contributed by atoms with Gasteiger partial charge < -0.3 is 9.47 Å². The lowest BCUT2D eigenvalue weighted by Gasteiger charge is -2.42. The molecule has 0 aromatic carbocycles. The number of fused-ring (bicyclic) bond motifs is 1. The SMILES string of the molecule is Cn1cccc1/C=C/C(=O)N1CC[C@@H]2[C@H]1C(=O)N2S(=O)(=O)O. The summed E-state index contributed by atoms with van der Waals surface area (Å²) in [4.78, 5) is 25.4. The van der Waals surface area contributed by atoms with Gasteiger partial charge in [-0.1, -0.05) is 0 Å². The number of aryl methyl sites for hydroxylation is 1. The molecule has 2 atom stereocenters. The molecule has 0 spiro atoms. The number of hydrogen-bond donors (Lipinski definition) is 1. The van der Waals surface area contributed by atoms with Gasteiger partial charge in [-0.3, -0.25) is 14.1 Å². The highest BCUT2D eigenvalue weighted by atomic mass is 32.2. The van der Waals surface area contributed by atoms with Gasteiger partial charge in [0.2, 0.25) is 5.91 Å². The topological polar surface area (TPSA) is 99.9 Å². The van der Waals surface area contributed by atoms with Gasteiger partial charge in [-0.05, 0) is 24.6 Å². The molecular weight excluding hydrogens is 310 g/mol. The van der Waals surface area contributed by atoms with E-state index in [0.717, 1.165) is 5.69 Å². The molecule has 0 bridgehead atoms. The number of aromatic nitrogens is 1. The Morgan fingerprint density at radius 2 is 2.18 bits per heavy atom. The number of hydrogen-bond acceptors (Lipinski definition) is 4. The molecule has 8 nitrogen and oxygen atoms in total. The minimum atomic E-state index is -4.55. The molecule has 0 radical (unpaired) electrons. The molecule has 3 rings (SSSR count). The van der Waals surface area contributed by atoms with Gasteiger partial charge in [0.05, 0.1) is 6.04 Å². The average molecular weight is 325 g/mol. The summed E-state index contributed by atoms with van der Waals surface area (Å²) in [5, 5.41) is 0. The largest absolute Gasteiger partial charge is 0.362 e. The predicted molar refractivity (Wildman–Crippen MR) is 76.7 cm³/mol. The highest BCUT2D eigenvalue weighted by Crippen LogP contribution is 2.35. The molecule has 0 unspecified atom stereocenters. The molecule has 2 aliphatic rings. The van der Waals surface area contributed by atoms with Crippen molar-refractivity contribution in [1.29, 1.82) is 0 Å². The lowest BCUT2D eigenvalue weighted by molar-refractivity contribution is -0.149. The maximum atomic E-state index is 12.2. The second kappa shape index (κ2) is 4.96. The summed E-state index contributed by atoms with van der Waals surface area (Å²) >= 11 is 0. The van der Waals surface area contributed by atoms with Gasteiger partial charge >= 0.3 is 10.3 Å². The summed E-state index contributed by atoms with van der Waals surface area (Å²) in [6.07, 6.45) is 5.18. The van der Waals surface area contributed by atoms with Crippen molar-refractivity contribution < 1.29 is 22.6 Å². The normalized spacial score (nSPS) is 24.7. The highest BCUT2D eigenvalue weighted by Gasteiger charge is 2.59. The van der Waals surface area contributed by atoms with Crippen LogP contribution in [0.4, 0.5) is 0 Å². The molecule has 0 aliphatic carbocycles. The number of carbonyl (C=O) groups is 2. The molecular formula is C13H15N3O5S. The van der Waals surface area contributed by atoms with Crippen LogP contribution in [-0.2, 0) is 26.9 Å². The zero-order chi connectivity index (χ0) is 16.1. The van der Waals surface area contributed by atoms with Crippen LogP contribution in [-0.4, -0.2) is 57.2 Å². The Labute approximate surface area is 127 Å². The van der Waals surface area contributed by atoms with Crippen LogP contribution >= 0.6 is 0 Å². The Hall–Kier alpha value is -2.13. The number of β-lactam (4-membered cyclic amide) rings is 1. The highest BCUT2D eigenvalue weighted by molar-refractivity contribution is 7.84. The number of rotatable bonds is 3. The van der Waals surface area contributed by atoms with E-state index in [0.29, 0.717) is 10.7 Å². The third-order valence-corrected chi connectivity index (χ3v) is 5.00. The van der Waals surface area contributed by atoms with Crippen LogP contribution in [0.3, 0.4) is 0 Å². The molecule has 9 heteroatoms. The fraction of sp³-hybridized carbons (Fsp3) is 0.385. The summed E-state index contributed by atoms with van der Waals surface area (Å²) in [6, 6.07) is 2.23.